The first-order valence-corrected chi connectivity index (χ1v) is 4.23. The van der Waals surface area contributed by atoms with Gasteiger partial charge in [0.15, 0.2) is 0 Å². The second-order valence-electron chi connectivity index (χ2n) is 3.62. The minimum absolute atomic E-state index is 0.729. The summed E-state index contributed by atoms with van der Waals surface area (Å²) in [5, 5.41) is 0. The number of rotatable bonds is 3. The minimum Gasteiger partial charge on any atom is -0.0882 e. The summed E-state index contributed by atoms with van der Waals surface area (Å²) in [5.41, 5.74) is 1.59. The van der Waals surface area contributed by atoms with E-state index in [1.54, 1.807) is 5.57 Å². The highest BCUT2D eigenvalue weighted by Gasteiger charge is 2.03. The molecule has 0 fully saturated rings. The third kappa shape index (κ3) is 3.71. The highest BCUT2D eigenvalue weighted by Crippen LogP contribution is 2.18. The Hall–Kier alpha value is -0.260. The minimum atomic E-state index is 0.729. The van der Waals surface area contributed by atoms with Gasteiger partial charge in [-0.05, 0) is 25.2 Å². The van der Waals surface area contributed by atoms with Crippen LogP contribution < -0.4 is 0 Å². The molecule has 0 saturated carbocycles. The van der Waals surface area contributed by atoms with Gasteiger partial charge in [-0.1, -0.05) is 39.3 Å². The number of allylic oxidation sites excluding steroid dienone is 2. The van der Waals surface area contributed by atoms with E-state index in [0.717, 1.165) is 11.8 Å². The van der Waals surface area contributed by atoms with Crippen molar-refractivity contribution in [3.63, 3.8) is 0 Å². The monoisotopic (exact) mass is 140 g/mol. The van der Waals surface area contributed by atoms with Crippen LogP contribution in [0, 0.1) is 11.8 Å². The Morgan fingerprint density at radius 2 is 1.70 bits per heavy atom. The van der Waals surface area contributed by atoms with E-state index in [4.69, 9.17) is 0 Å². The van der Waals surface area contributed by atoms with Gasteiger partial charge in [0.1, 0.15) is 0 Å². The Kier molecular flexibility index (Phi) is 4.42. The van der Waals surface area contributed by atoms with Crippen LogP contribution in [0.15, 0.2) is 11.6 Å². The lowest BCUT2D eigenvalue weighted by Gasteiger charge is -2.12. The fraction of sp³-hybridized carbons (Fsp3) is 0.800. The zero-order chi connectivity index (χ0) is 8.15. The smallest absolute Gasteiger partial charge is 0.0260 e. The average molecular weight is 140 g/mol. The predicted molar refractivity (Wildman–Crippen MR) is 48.1 cm³/mol. The largest absolute Gasteiger partial charge is 0.0882 e. The predicted octanol–water partition coefficient (Wildman–Crippen LogP) is 3.63. The molecule has 0 aromatic heterocycles. The molecular weight excluding hydrogens is 120 g/mol. The van der Waals surface area contributed by atoms with E-state index >= 15 is 0 Å². The molecule has 0 aliphatic carbocycles. The Balaban J connectivity index is 3.86. The van der Waals surface area contributed by atoms with Crippen LogP contribution in [0.25, 0.3) is 0 Å². The van der Waals surface area contributed by atoms with Crippen molar-refractivity contribution in [2.75, 3.05) is 0 Å². The Morgan fingerprint density at radius 3 is 1.80 bits per heavy atom. The molecule has 0 spiro atoms. The topological polar surface area (TPSA) is 0 Å². The van der Waals surface area contributed by atoms with Crippen LogP contribution in [0.1, 0.15) is 41.0 Å². The van der Waals surface area contributed by atoms with Gasteiger partial charge in [-0.2, -0.15) is 0 Å². The van der Waals surface area contributed by atoms with Crippen molar-refractivity contribution in [1.29, 1.82) is 0 Å². The summed E-state index contributed by atoms with van der Waals surface area (Å²) < 4.78 is 0. The number of hydrogen-bond acceptors (Lipinski definition) is 0. The maximum atomic E-state index is 2.27. The van der Waals surface area contributed by atoms with E-state index in [2.05, 4.69) is 40.7 Å². The van der Waals surface area contributed by atoms with E-state index in [1.807, 2.05) is 0 Å². The van der Waals surface area contributed by atoms with E-state index in [-0.39, 0.29) is 0 Å². The molecular formula is C10H20. The Bertz CT molecular complexity index is 107. The van der Waals surface area contributed by atoms with Crippen molar-refractivity contribution < 1.29 is 0 Å². The molecule has 0 rings (SSSR count). The summed E-state index contributed by atoms with van der Waals surface area (Å²) in [6, 6.07) is 0. The van der Waals surface area contributed by atoms with Gasteiger partial charge in [-0.25, -0.2) is 0 Å². The molecule has 0 heterocycles. The van der Waals surface area contributed by atoms with Crippen molar-refractivity contribution in [2.24, 2.45) is 11.8 Å². The van der Waals surface area contributed by atoms with E-state index in [1.165, 1.54) is 6.42 Å². The molecule has 60 valence electrons. The molecule has 0 bridgehead atoms. The van der Waals surface area contributed by atoms with E-state index in [0.29, 0.717) is 0 Å². The van der Waals surface area contributed by atoms with Crippen LogP contribution in [0.4, 0.5) is 0 Å². The van der Waals surface area contributed by atoms with Crippen LogP contribution in [0.3, 0.4) is 0 Å². The molecule has 0 nitrogen and oxygen atoms in total. The van der Waals surface area contributed by atoms with Gasteiger partial charge in [0, 0.05) is 0 Å². The highest BCUT2D eigenvalue weighted by molar-refractivity contribution is 5.03. The van der Waals surface area contributed by atoms with Crippen molar-refractivity contribution in [3.8, 4) is 0 Å². The maximum absolute atomic E-state index is 2.27. The molecule has 0 unspecified atom stereocenters. The van der Waals surface area contributed by atoms with Gasteiger partial charge >= 0.3 is 0 Å². The molecule has 0 amide bonds. The lowest BCUT2D eigenvalue weighted by molar-refractivity contribution is 0.586. The van der Waals surface area contributed by atoms with Crippen LogP contribution in [-0.2, 0) is 0 Å². The first kappa shape index (κ1) is 9.74. The van der Waals surface area contributed by atoms with Gasteiger partial charge in [0.2, 0.25) is 0 Å². The van der Waals surface area contributed by atoms with Crippen molar-refractivity contribution in [2.45, 2.75) is 41.0 Å². The van der Waals surface area contributed by atoms with E-state index < -0.39 is 0 Å². The molecule has 0 N–H and O–H groups in total. The zero-order valence-corrected chi connectivity index (χ0v) is 7.94. The summed E-state index contributed by atoms with van der Waals surface area (Å²) in [5.74, 6) is 1.53. The summed E-state index contributed by atoms with van der Waals surface area (Å²) >= 11 is 0. The average Bonchev–Trinajstić information content (AvgIpc) is 1.81. The molecule has 0 radical (unpaired) electrons. The maximum Gasteiger partial charge on any atom is -0.0260 e. The zero-order valence-electron chi connectivity index (χ0n) is 7.94. The molecule has 0 aromatic carbocycles. The van der Waals surface area contributed by atoms with Crippen LogP contribution in [0.5, 0.6) is 0 Å². The molecule has 0 saturated heterocycles. The van der Waals surface area contributed by atoms with Gasteiger partial charge in [-0.3, -0.25) is 0 Å². The molecule has 0 heteroatoms. The Morgan fingerprint density at radius 1 is 1.20 bits per heavy atom. The molecule has 0 aromatic rings. The summed E-state index contributed by atoms with van der Waals surface area (Å²) in [4.78, 5) is 0. The second kappa shape index (κ2) is 4.54. The van der Waals surface area contributed by atoms with Crippen LogP contribution in [0.2, 0.25) is 0 Å². The highest BCUT2D eigenvalue weighted by atomic mass is 14.1. The lowest BCUT2D eigenvalue weighted by atomic mass is 9.94. The number of hydrogen-bond donors (Lipinski definition) is 0. The normalized spacial score (nSPS) is 13.3. The summed E-state index contributed by atoms with van der Waals surface area (Å²) in [7, 11) is 0. The van der Waals surface area contributed by atoms with Gasteiger partial charge in [0.05, 0.1) is 0 Å². The second-order valence-corrected chi connectivity index (χ2v) is 3.62. The SMILES string of the molecule is C/C=C(\CC(C)C)C(C)C. The van der Waals surface area contributed by atoms with E-state index in [9.17, 15) is 0 Å². The molecule has 0 atom stereocenters. The first-order valence-electron chi connectivity index (χ1n) is 4.23. The first-order chi connectivity index (χ1) is 4.57. The molecule has 10 heavy (non-hydrogen) atoms. The van der Waals surface area contributed by atoms with Gasteiger partial charge < -0.3 is 0 Å². The van der Waals surface area contributed by atoms with Crippen molar-refractivity contribution >= 4 is 0 Å². The molecule has 0 aliphatic rings. The third-order valence-corrected chi connectivity index (χ3v) is 1.76. The van der Waals surface area contributed by atoms with Crippen molar-refractivity contribution in [3.05, 3.63) is 11.6 Å². The third-order valence-electron chi connectivity index (χ3n) is 1.76. The van der Waals surface area contributed by atoms with Gasteiger partial charge in [0.25, 0.3) is 0 Å². The Labute approximate surface area is 65.3 Å². The molecule has 0 aliphatic heterocycles. The lowest BCUT2D eigenvalue weighted by Crippen LogP contribution is -1.98. The van der Waals surface area contributed by atoms with Crippen LogP contribution >= 0.6 is 0 Å². The fourth-order valence-electron chi connectivity index (χ4n) is 1.16. The fourth-order valence-corrected chi connectivity index (χ4v) is 1.16. The van der Waals surface area contributed by atoms with Crippen molar-refractivity contribution in [1.82, 2.24) is 0 Å². The quantitative estimate of drug-likeness (QED) is 0.525. The summed E-state index contributed by atoms with van der Waals surface area (Å²) in [6.07, 6.45) is 3.51. The standard InChI is InChI=1S/C10H20/c1-6-10(9(4)5)7-8(2)3/h6,8-9H,7H2,1-5H3/b10-6+. The van der Waals surface area contributed by atoms with Crippen LogP contribution in [-0.4, -0.2) is 0 Å². The summed E-state index contributed by atoms with van der Waals surface area (Å²) in [6.45, 7) is 11.2. The van der Waals surface area contributed by atoms with Gasteiger partial charge in [-0.15, -0.1) is 0 Å².